The van der Waals surface area contributed by atoms with E-state index in [1.54, 1.807) is 21.3 Å². The second-order valence-corrected chi connectivity index (χ2v) is 7.57. The Balaban J connectivity index is 1.86. The smallest absolute Gasteiger partial charge is 0.162 e. The van der Waals surface area contributed by atoms with Gasteiger partial charge in [-0.25, -0.2) is 4.68 Å². The van der Waals surface area contributed by atoms with Gasteiger partial charge in [0.25, 0.3) is 0 Å². The first kappa shape index (κ1) is 19.9. The van der Waals surface area contributed by atoms with Crippen molar-refractivity contribution in [2.75, 3.05) is 21.3 Å². The number of hydrogen-bond donors (Lipinski definition) is 0. The summed E-state index contributed by atoms with van der Waals surface area (Å²) in [7, 11) is 4.92. The van der Waals surface area contributed by atoms with Crippen LogP contribution in [0.15, 0.2) is 66.9 Å². The lowest BCUT2D eigenvalue weighted by Gasteiger charge is -2.11. The molecule has 0 amide bonds. The van der Waals surface area contributed by atoms with Gasteiger partial charge in [-0.3, -0.25) is 4.98 Å². The molecule has 0 spiro atoms. The zero-order valence-electron chi connectivity index (χ0n) is 18.4. The van der Waals surface area contributed by atoms with Crippen LogP contribution < -0.4 is 14.2 Å². The molecule has 0 bridgehead atoms. The highest BCUT2D eigenvalue weighted by atomic mass is 16.5. The van der Waals surface area contributed by atoms with Crippen LogP contribution in [-0.4, -0.2) is 36.1 Å². The van der Waals surface area contributed by atoms with Gasteiger partial charge >= 0.3 is 0 Å². The van der Waals surface area contributed by atoms with Crippen LogP contribution in [0.3, 0.4) is 0 Å². The van der Waals surface area contributed by atoms with E-state index in [0.29, 0.717) is 11.5 Å². The van der Waals surface area contributed by atoms with E-state index in [4.69, 9.17) is 24.3 Å². The molecule has 0 saturated carbocycles. The highest BCUT2D eigenvalue weighted by molar-refractivity contribution is 6.09. The highest BCUT2D eigenvalue weighted by Crippen LogP contribution is 2.38. The number of pyridine rings is 1. The summed E-state index contributed by atoms with van der Waals surface area (Å²) >= 11 is 0. The molecule has 5 rings (SSSR count). The quantitative estimate of drug-likeness (QED) is 0.368. The number of benzene rings is 3. The molecule has 0 atom stereocenters. The third-order valence-electron chi connectivity index (χ3n) is 5.65. The second kappa shape index (κ2) is 7.89. The van der Waals surface area contributed by atoms with Crippen LogP contribution in [0.25, 0.3) is 38.8 Å². The van der Waals surface area contributed by atoms with Crippen molar-refractivity contribution in [3.63, 3.8) is 0 Å². The van der Waals surface area contributed by atoms with Crippen molar-refractivity contribution in [3.8, 4) is 34.2 Å². The third kappa shape index (κ3) is 3.21. The summed E-state index contributed by atoms with van der Waals surface area (Å²) in [6.07, 6.45) is 1.88. The molecule has 160 valence electrons. The molecule has 0 radical (unpaired) electrons. The Labute approximate surface area is 186 Å². The van der Waals surface area contributed by atoms with Gasteiger partial charge in [0.1, 0.15) is 11.4 Å². The van der Waals surface area contributed by atoms with Crippen LogP contribution in [0.1, 0.15) is 5.56 Å². The van der Waals surface area contributed by atoms with Crippen molar-refractivity contribution in [1.29, 1.82) is 0 Å². The van der Waals surface area contributed by atoms with Gasteiger partial charge in [-0.15, -0.1) is 0 Å². The number of aromatic nitrogens is 3. The SMILES string of the molecule is COc1ccc(-n2nc(-c3ccc(C)cc3)c3cnc4cc(OC)c(OC)cc4c32)cc1. The van der Waals surface area contributed by atoms with E-state index >= 15 is 0 Å². The maximum atomic E-state index is 5.57. The number of nitrogens with zero attached hydrogens (tertiary/aromatic N) is 3. The molecule has 5 aromatic rings. The van der Waals surface area contributed by atoms with Crippen LogP contribution in [0.2, 0.25) is 0 Å². The van der Waals surface area contributed by atoms with Crippen LogP contribution >= 0.6 is 0 Å². The summed E-state index contributed by atoms with van der Waals surface area (Å²) in [6, 6.07) is 20.1. The van der Waals surface area contributed by atoms with Gasteiger partial charge in [-0.05, 0) is 37.3 Å². The zero-order valence-corrected chi connectivity index (χ0v) is 18.4. The molecule has 0 aliphatic rings. The molecule has 0 saturated heterocycles. The second-order valence-electron chi connectivity index (χ2n) is 7.57. The highest BCUT2D eigenvalue weighted by Gasteiger charge is 2.19. The number of hydrogen-bond acceptors (Lipinski definition) is 5. The number of rotatable bonds is 5. The first-order valence-electron chi connectivity index (χ1n) is 10.3. The number of aryl methyl sites for hydroxylation is 1. The third-order valence-corrected chi connectivity index (χ3v) is 5.65. The predicted molar refractivity (Wildman–Crippen MR) is 126 cm³/mol. The monoisotopic (exact) mass is 425 g/mol. The fourth-order valence-electron chi connectivity index (χ4n) is 3.95. The topological polar surface area (TPSA) is 58.4 Å². The Hall–Kier alpha value is -4.06. The molecule has 0 aliphatic carbocycles. The Kier molecular flexibility index (Phi) is 4.90. The van der Waals surface area contributed by atoms with Gasteiger partial charge in [-0.2, -0.15) is 5.10 Å². The van der Waals surface area contributed by atoms with Crippen LogP contribution in [0, 0.1) is 6.92 Å². The number of methoxy groups -OCH3 is 3. The molecule has 0 N–H and O–H groups in total. The molecular weight excluding hydrogens is 402 g/mol. The van der Waals surface area contributed by atoms with E-state index < -0.39 is 0 Å². The fourth-order valence-corrected chi connectivity index (χ4v) is 3.95. The van der Waals surface area contributed by atoms with E-state index in [0.717, 1.165) is 44.5 Å². The van der Waals surface area contributed by atoms with Crippen LogP contribution in [0.4, 0.5) is 0 Å². The van der Waals surface area contributed by atoms with E-state index in [1.165, 1.54) is 5.56 Å². The van der Waals surface area contributed by atoms with Crippen LogP contribution in [-0.2, 0) is 0 Å². The zero-order chi connectivity index (χ0) is 22.2. The molecule has 6 heteroatoms. The van der Waals surface area contributed by atoms with Gasteiger partial charge in [-0.1, -0.05) is 29.8 Å². The standard InChI is InChI=1S/C26H23N3O3/c1-16-5-7-17(8-6-16)25-21-15-27-22-14-24(32-4)23(31-3)13-20(22)26(21)29(28-25)18-9-11-19(30-2)12-10-18/h5-15H,1-4H3. The Bertz CT molecular complexity index is 1420. The van der Waals surface area contributed by atoms with Crippen molar-refractivity contribution >= 4 is 21.8 Å². The van der Waals surface area contributed by atoms with Gasteiger partial charge < -0.3 is 14.2 Å². The minimum absolute atomic E-state index is 0.640. The van der Waals surface area contributed by atoms with Gasteiger partial charge in [0, 0.05) is 28.6 Å². The van der Waals surface area contributed by atoms with E-state index in [-0.39, 0.29) is 0 Å². The normalized spacial score (nSPS) is 11.1. The predicted octanol–water partition coefficient (Wildman–Crippen LogP) is 5.57. The lowest BCUT2D eigenvalue weighted by molar-refractivity contribution is 0.356. The lowest BCUT2D eigenvalue weighted by Crippen LogP contribution is -1.98. The molecule has 0 fully saturated rings. The maximum absolute atomic E-state index is 5.57. The van der Waals surface area contributed by atoms with E-state index in [2.05, 4.69) is 31.2 Å². The largest absolute Gasteiger partial charge is 0.497 e. The van der Waals surface area contributed by atoms with Gasteiger partial charge in [0.05, 0.1) is 38.1 Å². The summed E-state index contributed by atoms with van der Waals surface area (Å²) in [5.41, 5.74) is 5.80. The van der Waals surface area contributed by atoms with Crippen LogP contribution in [0.5, 0.6) is 17.2 Å². The van der Waals surface area contributed by atoms with Crippen molar-refractivity contribution in [2.24, 2.45) is 0 Å². The fraction of sp³-hybridized carbons (Fsp3) is 0.154. The van der Waals surface area contributed by atoms with Gasteiger partial charge in [0.15, 0.2) is 11.5 Å². The molecule has 2 aromatic heterocycles. The minimum atomic E-state index is 0.640. The van der Waals surface area contributed by atoms with Crippen molar-refractivity contribution in [2.45, 2.75) is 6.92 Å². The first-order valence-corrected chi connectivity index (χ1v) is 10.3. The van der Waals surface area contributed by atoms with Crippen molar-refractivity contribution < 1.29 is 14.2 Å². The minimum Gasteiger partial charge on any atom is -0.497 e. The number of fused-ring (bicyclic) bond motifs is 3. The van der Waals surface area contributed by atoms with Crippen molar-refractivity contribution in [3.05, 3.63) is 72.4 Å². The average Bonchev–Trinajstić information content (AvgIpc) is 3.23. The van der Waals surface area contributed by atoms with Crippen molar-refractivity contribution in [1.82, 2.24) is 14.8 Å². The van der Waals surface area contributed by atoms with E-state index in [1.807, 2.05) is 47.3 Å². The first-order chi connectivity index (χ1) is 15.6. The van der Waals surface area contributed by atoms with Gasteiger partial charge in [0.2, 0.25) is 0 Å². The number of ether oxygens (including phenoxy) is 3. The summed E-state index contributed by atoms with van der Waals surface area (Å²) in [4.78, 5) is 4.72. The average molecular weight is 425 g/mol. The Morgan fingerprint density at radius 2 is 1.44 bits per heavy atom. The van der Waals surface area contributed by atoms with E-state index in [9.17, 15) is 0 Å². The molecule has 3 aromatic carbocycles. The molecule has 6 nitrogen and oxygen atoms in total. The molecule has 2 heterocycles. The Morgan fingerprint density at radius 1 is 0.750 bits per heavy atom. The summed E-state index contributed by atoms with van der Waals surface area (Å²) in [5, 5.41) is 6.92. The molecular formula is C26H23N3O3. The maximum Gasteiger partial charge on any atom is 0.162 e. The molecule has 0 unspecified atom stereocenters. The summed E-state index contributed by atoms with van der Waals surface area (Å²) < 4.78 is 18.3. The summed E-state index contributed by atoms with van der Waals surface area (Å²) in [6.45, 7) is 2.08. The molecule has 32 heavy (non-hydrogen) atoms. The summed E-state index contributed by atoms with van der Waals surface area (Å²) in [5.74, 6) is 2.08. The lowest BCUT2D eigenvalue weighted by atomic mass is 10.1. The Morgan fingerprint density at radius 3 is 2.09 bits per heavy atom. The molecule has 0 aliphatic heterocycles.